The van der Waals surface area contributed by atoms with E-state index in [2.05, 4.69) is 88.4 Å². The first-order chi connectivity index (χ1) is 14.9. The molecule has 0 bridgehead atoms. The van der Waals surface area contributed by atoms with E-state index >= 15 is 0 Å². The zero-order chi connectivity index (χ0) is 19.7. The lowest BCUT2D eigenvalue weighted by atomic mass is 10.1. The van der Waals surface area contributed by atoms with Crippen molar-refractivity contribution in [1.29, 1.82) is 0 Å². The minimum absolute atomic E-state index is 1.01. The molecule has 0 aliphatic heterocycles. The Balaban J connectivity index is 1.71. The van der Waals surface area contributed by atoms with Crippen LogP contribution in [0.1, 0.15) is 11.3 Å². The molecule has 30 heavy (non-hydrogen) atoms. The summed E-state index contributed by atoms with van der Waals surface area (Å²) in [5, 5.41) is 4.74. The first-order valence-corrected chi connectivity index (χ1v) is 10.1. The Morgan fingerprint density at radius 3 is 2.57 bits per heavy atom. The quantitative estimate of drug-likeness (QED) is 0.317. The SMILES string of the molecule is [C+]1=Cc2[nH]c3c(cnc4c3ccc3c5ccccc5n(-c5ccccc5)c34)c2C=C1. The van der Waals surface area contributed by atoms with E-state index in [9.17, 15) is 0 Å². The number of pyridine rings is 1. The Bertz CT molecular complexity index is 1680. The Hall–Kier alpha value is -4.20. The molecule has 0 radical (unpaired) electrons. The summed E-state index contributed by atoms with van der Waals surface area (Å²) >= 11 is 0. The number of H-pyrrole nitrogens is 1. The van der Waals surface area contributed by atoms with Gasteiger partial charge in [-0.1, -0.05) is 42.5 Å². The van der Waals surface area contributed by atoms with Gasteiger partial charge >= 0.3 is 0 Å². The van der Waals surface area contributed by atoms with Gasteiger partial charge in [0, 0.05) is 34.1 Å². The summed E-state index contributed by atoms with van der Waals surface area (Å²) in [4.78, 5) is 8.59. The number of nitrogens with one attached hydrogen (secondary N) is 1. The zero-order valence-corrected chi connectivity index (χ0v) is 16.1. The van der Waals surface area contributed by atoms with E-state index in [1.54, 1.807) is 0 Å². The number of hydrogen-bond donors (Lipinski definition) is 1. The third-order valence-electron chi connectivity index (χ3n) is 6.10. The average molecular weight is 382 g/mol. The predicted molar refractivity (Wildman–Crippen MR) is 125 cm³/mol. The molecule has 0 saturated heterocycles. The minimum Gasteiger partial charge on any atom is -0.307 e. The van der Waals surface area contributed by atoms with Crippen LogP contribution in [0.4, 0.5) is 0 Å². The number of nitrogens with zero attached hydrogens (tertiary/aromatic N) is 2. The number of para-hydroxylation sites is 2. The number of aromatic amines is 1. The number of benzene rings is 3. The highest BCUT2D eigenvalue weighted by molar-refractivity contribution is 6.21. The van der Waals surface area contributed by atoms with E-state index < -0.39 is 0 Å². The van der Waals surface area contributed by atoms with Crippen LogP contribution in [-0.2, 0) is 0 Å². The van der Waals surface area contributed by atoms with Crippen molar-refractivity contribution in [1.82, 2.24) is 14.5 Å². The lowest BCUT2D eigenvalue weighted by Gasteiger charge is -2.09. The summed E-state index contributed by atoms with van der Waals surface area (Å²) in [5.74, 6) is 0. The summed E-state index contributed by atoms with van der Waals surface area (Å²) in [6.45, 7) is 0. The summed E-state index contributed by atoms with van der Waals surface area (Å²) in [6, 6.07) is 23.6. The van der Waals surface area contributed by atoms with E-state index in [-0.39, 0.29) is 0 Å². The third-order valence-corrected chi connectivity index (χ3v) is 6.10. The van der Waals surface area contributed by atoms with Crippen molar-refractivity contribution >= 4 is 55.8 Å². The fraction of sp³-hybridized carbons (Fsp3) is 0. The maximum atomic E-state index is 4.99. The largest absolute Gasteiger partial charge is 0.307 e. The standard InChI is InChI=1S/C27H16N3/c1-2-8-17(9-3-1)30-24-13-7-5-11-19(24)20-14-15-21-25-22(16-28-26(21)27(20)30)18-10-4-6-12-23(18)29-25/h1-5,7-16,29H/q+1. The minimum atomic E-state index is 1.01. The second-order valence-corrected chi connectivity index (χ2v) is 7.69. The van der Waals surface area contributed by atoms with Gasteiger partial charge in [0.05, 0.1) is 33.5 Å². The molecule has 1 aliphatic rings. The van der Waals surface area contributed by atoms with Crippen LogP contribution >= 0.6 is 0 Å². The van der Waals surface area contributed by atoms with Crippen molar-refractivity contribution in [2.45, 2.75) is 0 Å². The van der Waals surface area contributed by atoms with Crippen LogP contribution in [-0.4, -0.2) is 14.5 Å². The van der Waals surface area contributed by atoms with Gasteiger partial charge in [-0.05, 0) is 24.3 Å². The second-order valence-electron chi connectivity index (χ2n) is 7.69. The first-order valence-electron chi connectivity index (χ1n) is 10.1. The number of allylic oxidation sites excluding steroid dienone is 2. The van der Waals surface area contributed by atoms with Gasteiger partial charge in [-0.2, -0.15) is 0 Å². The van der Waals surface area contributed by atoms with Crippen molar-refractivity contribution in [3.05, 3.63) is 96.3 Å². The van der Waals surface area contributed by atoms with Crippen LogP contribution in [0.25, 0.3) is 61.5 Å². The summed E-state index contributed by atoms with van der Waals surface area (Å²) in [5.41, 5.74) is 7.89. The van der Waals surface area contributed by atoms with Crippen LogP contribution in [0.5, 0.6) is 0 Å². The monoisotopic (exact) mass is 382 g/mol. The molecule has 1 aliphatic carbocycles. The number of rotatable bonds is 1. The molecule has 1 N–H and O–H groups in total. The lowest BCUT2D eigenvalue weighted by molar-refractivity contribution is 1.18. The molecular weight excluding hydrogens is 366 g/mol. The highest BCUT2D eigenvalue weighted by Gasteiger charge is 2.21. The van der Waals surface area contributed by atoms with Crippen LogP contribution < -0.4 is 0 Å². The molecule has 0 saturated carbocycles. The molecular formula is C27H16N3+. The zero-order valence-electron chi connectivity index (χ0n) is 16.1. The lowest BCUT2D eigenvalue weighted by Crippen LogP contribution is -1.95. The van der Waals surface area contributed by atoms with Crippen molar-refractivity contribution in [2.75, 3.05) is 0 Å². The molecule has 0 atom stereocenters. The van der Waals surface area contributed by atoms with Gasteiger partial charge in [-0.25, -0.2) is 0 Å². The molecule has 3 aromatic carbocycles. The van der Waals surface area contributed by atoms with Crippen molar-refractivity contribution < 1.29 is 0 Å². The molecule has 0 amide bonds. The Kier molecular flexibility index (Phi) is 2.96. The van der Waals surface area contributed by atoms with Gasteiger partial charge < -0.3 is 4.57 Å². The van der Waals surface area contributed by atoms with E-state index in [1.165, 1.54) is 21.9 Å². The number of hydrogen-bond acceptors (Lipinski definition) is 1. The van der Waals surface area contributed by atoms with E-state index in [1.807, 2.05) is 18.3 Å². The molecule has 6 aromatic rings. The van der Waals surface area contributed by atoms with Gasteiger partial charge in [0.25, 0.3) is 0 Å². The molecule has 3 heteroatoms. The molecule has 3 heterocycles. The predicted octanol–water partition coefficient (Wildman–Crippen LogP) is 6.66. The molecule has 3 nitrogen and oxygen atoms in total. The van der Waals surface area contributed by atoms with Gasteiger partial charge in [-0.15, -0.1) is 0 Å². The third kappa shape index (κ3) is 1.94. The molecule has 3 aromatic heterocycles. The second kappa shape index (κ2) is 5.66. The Morgan fingerprint density at radius 2 is 1.63 bits per heavy atom. The Labute approximate surface area is 172 Å². The van der Waals surface area contributed by atoms with Crippen molar-refractivity contribution in [3.8, 4) is 5.69 Å². The average Bonchev–Trinajstić information content (AvgIpc) is 3.36. The summed E-state index contributed by atoms with van der Waals surface area (Å²) in [7, 11) is 0. The fourth-order valence-corrected chi connectivity index (χ4v) is 4.80. The van der Waals surface area contributed by atoms with E-state index in [0.29, 0.717) is 0 Å². The van der Waals surface area contributed by atoms with Crippen LogP contribution in [0.2, 0.25) is 0 Å². The molecule has 7 rings (SSSR count). The normalized spacial score (nSPS) is 12.8. The van der Waals surface area contributed by atoms with E-state index in [4.69, 9.17) is 4.98 Å². The van der Waals surface area contributed by atoms with Crippen LogP contribution in [0.3, 0.4) is 0 Å². The maximum Gasteiger partial charge on any atom is 0.159 e. The summed E-state index contributed by atoms with van der Waals surface area (Å²) < 4.78 is 2.34. The highest BCUT2D eigenvalue weighted by Crippen LogP contribution is 2.38. The van der Waals surface area contributed by atoms with Crippen LogP contribution in [0.15, 0.2) is 79.0 Å². The topological polar surface area (TPSA) is 33.6 Å². The van der Waals surface area contributed by atoms with Gasteiger partial charge in [-0.3, -0.25) is 9.97 Å². The van der Waals surface area contributed by atoms with E-state index in [0.717, 1.165) is 38.7 Å². The maximum absolute atomic E-state index is 4.99. The van der Waals surface area contributed by atoms with Crippen LogP contribution in [0, 0.1) is 6.08 Å². The smallest absolute Gasteiger partial charge is 0.159 e. The van der Waals surface area contributed by atoms with Gasteiger partial charge in [0.2, 0.25) is 0 Å². The van der Waals surface area contributed by atoms with Crippen molar-refractivity contribution in [3.63, 3.8) is 0 Å². The first kappa shape index (κ1) is 15.7. The number of aromatic nitrogens is 3. The fourth-order valence-electron chi connectivity index (χ4n) is 4.80. The Morgan fingerprint density at radius 1 is 0.800 bits per heavy atom. The molecule has 0 unspecified atom stereocenters. The molecule has 0 spiro atoms. The number of fused-ring (bicyclic) bond motifs is 9. The van der Waals surface area contributed by atoms with Crippen molar-refractivity contribution in [2.24, 2.45) is 0 Å². The van der Waals surface area contributed by atoms with Gasteiger partial charge in [0.1, 0.15) is 17.7 Å². The highest BCUT2D eigenvalue weighted by atomic mass is 15.0. The summed E-state index contributed by atoms with van der Waals surface area (Å²) in [6.07, 6.45) is 11.2. The molecule has 0 fully saturated rings. The van der Waals surface area contributed by atoms with Gasteiger partial charge in [0.15, 0.2) is 5.69 Å². The molecule has 138 valence electrons.